The lowest BCUT2D eigenvalue weighted by atomic mass is 9.95. The maximum Gasteiger partial charge on any atom is 0.351 e. The Kier molecular flexibility index (Phi) is 4.82. The van der Waals surface area contributed by atoms with Gasteiger partial charge < -0.3 is 10.4 Å². The van der Waals surface area contributed by atoms with Gasteiger partial charge in [0.2, 0.25) is 11.8 Å². The van der Waals surface area contributed by atoms with Crippen LogP contribution in [0.25, 0.3) is 0 Å². The quantitative estimate of drug-likeness (QED) is 0.676. The maximum absolute atomic E-state index is 12.2. The number of allylic oxidation sites excluding steroid dienone is 3. The van der Waals surface area contributed by atoms with Gasteiger partial charge in [-0.05, 0) is 12.5 Å². The summed E-state index contributed by atoms with van der Waals surface area (Å²) >= 11 is 0. The van der Waals surface area contributed by atoms with Crippen LogP contribution in [0.1, 0.15) is 12.8 Å². The van der Waals surface area contributed by atoms with Crippen molar-refractivity contribution in [3.05, 3.63) is 24.3 Å². The highest BCUT2D eigenvalue weighted by Crippen LogP contribution is 2.19. The lowest BCUT2D eigenvalue weighted by Crippen LogP contribution is -2.50. The van der Waals surface area contributed by atoms with E-state index in [0.717, 1.165) is 4.90 Å². The number of fused-ring (bicyclic) bond motifs is 1. The molecule has 4 amide bonds. The second-order valence-corrected chi connectivity index (χ2v) is 4.81. The van der Waals surface area contributed by atoms with E-state index in [1.165, 1.54) is 0 Å². The van der Waals surface area contributed by atoms with Crippen molar-refractivity contribution in [2.75, 3.05) is 13.1 Å². The average molecular weight is 305 g/mol. The molecule has 0 saturated heterocycles. The molecule has 0 aromatic rings. The molecule has 2 N–H and O–H groups in total. The molecule has 0 spiro atoms. The molecule has 0 radical (unpaired) electrons. The molecular weight excluding hydrogens is 290 g/mol. The molecule has 1 aliphatic heterocycles. The molecule has 1 unspecified atom stereocenters. The normalized spacial score (nSPS) is 19.7. The smallest absolute Gasteiger partial charge is 0.351 e. The number of nitrogens with zero attached hydrogens (tertiary/aromatic N) is 2. The summed E-state index contributed by atoms with van der Waals surface area (Å²) in [6.07, 6.45) is 6.79. The molecule has 0 fully saturated rings. The molecule has 8 nitrogen and oxygen atoms in total. The zero-order valence-corrected chi connectivity index (χ0v) is 11.7. The van der Waals surface area contributed by atoms with Crippen molar-refractivity contribution in [2.24, 2.45) is 10.9 Å². The summed E-state index contributed by atoms with van der Waals surface area (Å²) in [5.41, 5.74) is 0.371. The summed E-state index contributed by atoms with van der Waals surface area (Å²) in [5, 5.41) is 11.0. The molecule has 0 aromatic carbocycles. The van der Waals surface area contributed by atoms with E-state index in [1.54, 1.807) is 24.3 Å². The third kappa shape index (κ3) is 3.66. The Hall–Kier alpha value is -2.77. The first-order valence-corrected chi connectivity index (χ1v) is 6.76. The minimum Gasteiger partial charge on any atom is -0.481 e. The van der Waals surface area contributed by atoms with Crippen LogP contribution in [0.15, 0.2) is 29.3 Å². The second-order valence-electron chi connectivity index (χ2n) is 4.81. The highest BCUT2D eigenvalue weighted by atomic mass is 16.4. The molecular formula is C14H15N3O5. The number of carbonyl (C=O) groups excluding carboxylic acids is 3. The van der Waals surface area contributed by atoms with Gasteiger partial charge in [-0.3, -0.25) is 19.3 Å². The van der Waals surface area contributed by atoms with E-state index < -0.39 is 36.3 Å². The summed E-state index contributed by atoms with van der Waals surface area (Å²) < 4.78 is 0. The molecule has 2 aliphatic rings. The summed E-state index contributed by atoms with van der Waals surface area (Å²) in [5.74, 6) is -2.60. The number of carboxylic acid groups (broad SMARTS) is 1. The Balaban J connectivity index is 1.91. The molecule has 0 bridgehead atoms. The SMILES string of the molecule is O=C(O)CCCNC(=O)CN1C(=O)N=C2C=CC=CC2C1=O. The molecule has 0 aromatic heterocycles. The monoisotopic (exact) mass is 305 g/mol. The van der Waals surface area contributed by atoms with Gasteiger partial charge in [-0.2, -0.15) is 4.99 Å². The minimum absolute atomic E-state index is 0.0608. The van der Waals surface area contributed by atoms with Crippen molar-refractivity contribution < 1.29 is 24.3 Å². The zero-order valence-electron chi connectivity index (χ0n) is 11.7. The van der Waals surface area contributed by atoms with E-state index >= 15 is 0 Å². The van der Waals surface area contributed by atoms with E-state index in [2.05, 4.69) is 10.3 Å². The van der Waals surface area contributed by atoms with Gasteiger partial charge in [0.15, 0.2) is 0 Å². The van der Waals surface area contributed by atoms with Crippen LogP contribution in [-0.2, 0) is 14.4 Å². The Bertz CT molecular complexity index is 606. The van der Waals surface area contributed by atoms with Crippen LogP contribution in [0.4, 0.5) is 4.79 Å². The predicted molar refractivity (Wildman–Crippen MR) is 76.2 cm³/mol. The summed E-state index contributed by atoms with van der Waals surface area (Å²) in [7, 11) is 0. The maximum atomic E-state index is 12.2. The Morgan fingerprint density at radius 1 is 1.32 bits per heavy atom. The average Bonchev–Trinajstić information content (AvgIpc) is 2.48. The number of aliphatic carboxylic acids is 1. The van der Waals surface area contributed by atoms with Crippen LogP contribution in [-0.4, -0.2) is 52.6 Å². The minimum atomic E-state index is -0.949. The fourth-order valence-electron chi connectivity index (χ4n) is 2.09. The lowest BCUT2D eigenvalue weighted by molar-refractivity contribution is -0.137. The zero-order chi connectivity index (χ0) is 16.1. The topological polar surface area (TPSA) is 116 Å². The van der Waals surface area contributed by atoms with Gasteiger partial charge in [0.05, 0.1) is 11.6 Å². The molecule has 1 heterocycles. The number of urea groups is 1. The summed E-state index contributed by atoms with van der Waals surface area (Å²) in [4.78, 5) is 50.7. The van der Waals surface area contributed by atoms with Crippen LogP contribution in [0.2, 0.25) is 0 Å². The van der Waals surface area contributed by atoms with Crippen LogP contribution in [0.3, 0.4) is 0 Å². The van der Waals surface area contributed by atoms with Crippen LogP contribution in [0.5, 0.6) is 0 Å². The molecule has 116 valence electrons. The summed E-state index contributed by atoms with van der Waals surface area (Å²) in [6.45, 7) is -0.252. The molecule has 1 atom stereocenters. The van der Waals surface area contributed by atoms with Crippen molar-refractivity contribution in [2.45, 2.75) is 12.8 Å². The number of nitrogens with one attached hydrogen (secondary N) is 1. The first-order valence-electron chi connectivity index (χ1n) is 6.76. The fourth-order valence-corrected chi connectivity index (χ4v) is 2.09. The Morgan fingerprint density at radius 3 is 2.82 bits per heavy atom. The third-order valence-corrected chi connectivity index (χ3v) is 3.18. The van der Waals surface area contributed by atoms with Gasteiger partial charge >= 0.3 is 12.0 Å². The number of amides is 4. The molecule has 22 heavy (non-hydrogen) atoms. The molecule has 2 rings (SSSR count). The van der Waals surface area contributed by atoms with Crippen molar-refractivity contribution >= 4 is 29.5 Å². The van der Waals surface area contributed by atoms with Gasteiger partial charge in [-0.15, -0.1) is 0 Å². The standard InChI is InChI=1S/C14H15N3O5/c18-11(15-7-3-6-12(19)20)8-17-13(21)9-4-1-2-5-10(9)16-14(17)22/h1-2,4-5,9H,3,6-8H2,(H,15,18)(H,19,20). The number of carboxylic acids is 1. The van der Waals surface area contributed by atoms with Crippen LogP contribution in [0, 0.1) is 5.92 Å². The fraction of sp³-hybridized carbons (Fsp3) is 0.357. The number of imide groups is 1. The van der Waals surface area contributed by atoms with Crippen molar-refractivity contribution in [1.29, 1.82) is 0 Å². The van der Waals surface area contributed by atoms with E-state index in [4.69, 9.17) is 5.11 Å². The van der Waals surface area contributed by atoms with Gasteiger partial charge in [0, 0.05) is 13.0 Å². The Labute approximate surface area is 126 Å². The predicted octanol–water partition coefficient (Wildman–Crippen LogP) is 0.113. The first-order chi connectivity index (χ1) is 10.5. The van der Waals surface area contributed by atoms with Crippen LogP contribution >= 0.6 is 0 Å². The number of hydrogen-bond acceptors (Lipinski definition) is 4. The van der Waals surface area contributed by atoms with Gasteiger partial charge in [-0.1, -0.05) is 18.2 Å². The third-order valence-electron chi connectivity index (χ3n) is 3.18. The number of aliphatic imine (C=N–C) groups is 1. The van der Waals surface area contributed by atoms with E-state index in [-0.39, 0.29) is 19.4 Å². The second kappa shape index (κ2) is 6.79. The van der Waals surface area contributed by atoms with E-state index in [0.29, 0.717) is 5.71 Å². The molecule has 0 saturated carbocycles. The van der Waals surface area contributed by atoms with Crippen molar-refractivity contribution in [3.8, 4) is 0 Å². The lowest BCUT2D eigenvalue weighted by Gasteiger charge is -2.27. The highest BCUT2D eigenvalue weighted by Gasteiger charge is 2.36. The molecule has 8 heteroatoms. The van der Waals surface area contributed by atoms with Crippen LogP contribution < -0.4 is 5.32 Å². The Morgan fingerprint density at radius 2 is 2.09 bits per heavy atom. The van der Waals surface area contributed by atoms with Gasteiger partial charge in [0.1, 0.15) is 6.54 Å². The van der Waals surface area contributed by atoms with E-state index in [9.17, 15) is 19.2 Å². The van der Waals surface area contributed by atoms with Crippen molar-refractivity contribution in [3.63, 3.8) is 0 Å². The number of hydrogen-bond donors (Lipinski definition) is 2. The van der Waals surface area contributed by atoms with Crippen molar-refractivity contribution in [1.82, 2.24) is 10.2 Å². The van der Waals surface area contributed by atoms with Gasteiger partial charge in [-0.25, -0.2) is 4.79 Å². The number of carbonyl (C=O) groups is 4. The highest BCUT2D eigenvalue weighted by molar-refractivity contribution is 6.22. The van der Waals surface area contributed by atoms with Gasteiger partial charge in [0.25, 0.3) is 0 Å². The largest absolute Gasteiger partial charge is 0.481 e. The first kappa shape index (κ1) is 15.6. The summed E-state index contributed by atoms with van der Waals surface area (Å²) in [6, 6.07) is -0.767. The molecule has 1 aliphatic carbocycles. The number of rotatable bonds is 6. The van der Waals surface area contributed by atoms with E-state index in [1.807, 2.05) is 0 Å².